The molecule has 1 N–H and O–H groups in total. The van der Waals surface area contributed by atoms with Crippen LogP contribution in [0.25, 0.3) is 6.08 Å². The maximum absolute atomic E-state index is 5.32. The molecular formula is C20H30Cl2N2O. The zero-order valence-electron chi connectivity index (χ0n) is 14.9. The highest BCUT2D eigenvalue weighted by Crippen LogP contribution is 2.38. The third-order valence-electron chi connectivity index (χ3n) is 5.69. The highest BCUT2D eigenvalue weighted by atomic mass is 35.5. The average molecular weight is 385 g/mol. The Labute approximate surface area is 164 Å². The Balaban J connectivity index is 0.00000113. The maximum atomic E-state index is 5.32. The lowest BCUT2D eigenvalue weighted by molar-refractivity contribution is -0.0719. The lowest BCUT2D eigenvalue weighted by Gasteiger charge is -2.41. The van der Waals surface area contributed by atoms with E-state index in [1.165, 1.54) is 43.5 Å². The molecule has 1 aromatic carbocycles. The Hall–Kier alpha value is -0.580. The van der Waals surface area contributed by atoms with Crippen molar-refractivity contribution in [3.63, 3.8) is 0 Å². The SMILES string of the molecule is C/C(=C\c1ccccc1)[C@@H]1C[C@H]1NC1CCN(C2COC2)CC1.Cl.Cl. The highest BCUT2D eigenvalue weighted by Gasteiger charge is 2.40. The lowest BCUT2D eigenvalue weighted by atomic mass is 10.0. The summed E-state index contributed by atoms with van der Waals surface area (Å²) >= 11 is 0. The molecule has 3 nitrogen and oxygen atoms in total. The van der Waals surface area contributed by atoms with Gasteiger partial charge in [0.2, 0.25) is 0 Å². The molecule has 140 valence electrons. The third-order valence-corrected chi connectivity index (χ3v) is 5.69. The van der Waals surface area contributed by atoms with E-state index in [2.05, 4.69) is 53.5 Å². The average Bonchev–Trinajstić information content (AvgIpc) is 3.28. The van der Waals surface area contributed by atoms with Crippen molar-refractivity contribution < 1.29 is 4.74 Å². The molecular weight excluding hydrogens is 355 g/mol. The molecule has 1 saturated carbocycles. The van der Waals surface area contributed by atoms with Crippen molar-refractivity contribution in [2.45, 2.75) is 44.3 Å². The van der Waals surface area contributed by atoms with Crippen molar-refractivity contribution in [3.8, 4) is 0 Å². The van der Waals surface area contributed by atoms with E-state index >= 15 is 0 Å². The maximum Gasteiger partial charge on any atom is 0.0645 e. The zero-order valence-corrected chi connectivity index (χ0v) is 16.5. The van der Waals surface area contributed by atoms with Gasteiger partial charge < -0.3 is 10.1 Å². The molecule has 4 rings (SSSR count). The first-order chi connectivity index (χ1) is 11.3. The van der Waals surface area contributed by atoms with E-state index in [1.54, 1.807) is 0 Å². The van der Waals surface area contributed by atoms with Gasteiger partial charge in [0, 0.05) is 25.2 Å². The van der Waals surface area contributed by atoms with E-state index in [0.717, 1.165) is 19.1 Å². The largest absolute Gasteiger partial charge is 0.378 e. The molecule has 5 heteroatoms. The number of halogens is 2. The standard InChI is InChI=1S/C20H28N2O.2ClH/c1-15(11-16-5-3-2-4-6-16)19-12-20(19)21-17-7-9-22(10-8-17)18-13-23-14-18;;/h2-6,11,17-21H,7-10,12-14H2,1H3;2*1H/b15-11+;;/t19-,20+;;/m0../s1. The molecule has 0 radical (unpaired) electrons. The van der Waals surface area contributed by atoms with Crippen molar-refractivity contribution in [3.05, 3.63) is 41.5 Å². The summed E-state index contributed by atoms with van der Waals surface area (Å²) in [5, 5.41) is 3.91. The first-order valence-corrected chi connectivity index (χ1v) is 9.10. The van der Waals surface area contributed by atoms with Crippen LogP contribution in [0.5, 0.6) is 0 Å². The molecule has 3 aliphatic rings. The van der Waals surface area contributed by atoms with Crippen molar-refractivity contribution in [1.82, 2.24) is 10.2 Å². The molecule has 3 fully saturated rings. The van der Waals surface area contributed by atoms with E-state index in [4.69, 9.17) is 4.74 Å². The van der Waals surface area contributed by atoms with Crippen LogP contribution < -0.4 is 5.32 Å². The van der Waals surface area contributed by atoms with Crippen LogP contribution in [0, 0.1) is 5.92 Å². The molecule has 1 aliphatic carbocycles. The predicted octanol–water partition coefficient (Wildman–Crippen LogP) is 3.77. The van der Waals surface area contributed by atoms with Crippen molar-refractivity contribution in [2.75, 3.05) is 26.3 Å². The summed E-state index contributed by atoms with van der Waals surface area (Å²) in [6, 6.07) is 12.8. The van der Waals surface area contributed by atoms with Gasteiger partial charge in [0.15, 0.2) is 0 Å². The van der Waals surface area contributed by atoms with Gasteiger partial charge in [-0.05, 0) is 37.7 Å². The summed E-state index contributed by atoms with van der Waals surface area (Å²) in [6.45, 7) is 6.67. The monoisotopic (exact) mass is 384 g/mol. The fourth-order valence-corrected chi connectivity index (χ4v) is 3.97. The molecule has 2 aliphatic heterocycles. The predicted molar refractivity (Wildman–Crippen MR) is 109 cm³/mol. The van der Waals surface area contributed by atoms with Crippen LogP contribution in [-0.4, -0.2) is 49.3 Å². The number of nitrogens with zero attached hydrogens (tertiary/aromatic N) is 1. The summed E-state index contributed by atoms with van der Waals surface area (Å²) in [4.78, 5) is 2.62. The second-order valence-electron chi connectivity index (χ2n) is 7.42. The molecule has 2 heterocycles. The van der Waals surface area contributed by atoms with Gasteiger partial charge in [0.1, 0.15) is 0 Å². The normalized spacial score (nSPS) is 27.8. The molecule has 0 amide bonds. The first-order valence-electron chi connectivity index (χ1n) is 9.10. The van der Waals surface area contributed by atoms with E-state index in [1.807, 2.05) is 0 Å². The molecule has 0 unspecified atom stereocenters. The highest BCUT2D eigenvalue weighted by molar-refractivity contribution is 5.85. The van der Waals surface area contributed by atoms with Crippen LogP contribution in [-0.2, 0) is 4.74 Å². The molecule has 2 saturated heterocycles. The molecule has 0 aromatic heterocycles. The number of likely N-dealkylation sites (tertiary alicyclic amines) is 1. The van der Waals surface area contributed by atoms with Crippen LogP contribution in [0.4, 0.5) is 0 Å². The fraction of sp³-hybridized carbons (Fsp3) is 0.600. The topological polar surface area (TPSA) is 24.5 Å². The van der Waals surface area contributed by atoms with Gasteiger partial charge in [-0.3, -0.25) is 4.90 Å². The third kappa shape index (κ3) is 5.21. The summed E-state index contributed by atoms with van der Waals surface area (Å²) in [5.41, 5.74) is 2.85. The molecule has 25 heavy (non-hydrogen) atoms. The number of nitrogens with one attached hydrogen (secondary N) is 1. The smallest absolute Gasteiger partial charge is 0.0645 e. The molecule has 1 aromatic rings. The van der Waals surface area contributed by atoms with Gasteiger partial charge in [0.05, 0.1) is 19.3 Å². The van der Waals surface area contributed by atoms with Crippen molar-refractivity contribution >= 4 is 30.9 Å². The summed E-state index contributed by atoms with van der Waals surface area (Å²) in [7, 11) is 0. The number of hydrogen-bond donors (Lipinski definition) is 1. The minimum atomic E-state index is 0. The fourth-order valence-electron chi connectivity index (χ4n) is 3.97. The number of hydrogen-bond acceptors (Lipinski definition) is 3. The zero-order chi connectivity index (χ0) is 15.6. The molecule has 0 bridgehead atoms. The second kappa shape index (κ2) is 9.38. The van der Waals surface area contributed by atoms with Crippen LogP contribution in [0.2, 0.25) is 0 Å². The number of piperidine rings is 1. The summed E-state index contributed by atoms with van der Waals surface area (Å²) < 4.78 is 5.32. The quantitative estimate of drug-likeness (QED) is 0.835. The van der Waals surface area contributed by atoms with Gasteiger partial charge in [-0.15, -0.1) is 24.8 Å². The molecule has 2 atom stereocenters. The van der Waals surface area contributed by atoms with Crippen LogP contribution in [0.15, 0.2) is 35.9 Å². The van der Waals surface area contributed by atoms with Gasteiger partial charge >= 0.3 is 0 Å². The lowest BCUT2D eigenvalue weighted by Crippen LogP contribution is -2.54. The van der Waals surface area contributed by atoms with E-state index in [0.29, 0.717) is 18.1 Å². The second-order valence-corrected chi connectivity index (χ2v) is 7.42. The van der Waals surface area contributed by atoms with Gasteiger partial charge in [0.25, 0.3) is 0 Å². The van der Waals surface area contributed by atoms with E-state index in [9.17, 15) is 0 Å². The summed E-state index contributed by atoms with van der Waals surface area (Å²) in [6.07, 6.45) is 6.25. The van der Waals surface area contributed by atoms with Crippen LogP contribution >= 0.6 is 24.8 Å². The van der Waals surface area contributed by atoms with E-state index in [-0.39, 0.29) is 24.8 Å². The summed E-state index contributed by atoms with van der Waals surface area (Å²) in [5.74, 6) is 0.744. The van der Waals surface area contributed by atoms with Crippen LogP contribution in [0.1, 0.15) is 31.7 Å². The van der Waals surface area contributed by atoms with Gasteiger partial charge in [-0.1, -0.05) is 42.0 Å². The minimum absolute atomic E-state index is 0. The minimum Gasteiger partial charge on any atom is -0.378 e. The Morgan fingerprint density at radius 1 is 1.12 bits per heavy atom. The number of ether oxygens (including phenoxy) is 1. The molecule has 0 spiro atoms. The van der Waals surface area contributed by atoms with Crippen LogP contribution in [0.3, 0.4) is 0 Å². The van der Waals surface area contributed by atoms with Crippen molar-refractivity contribution in [1.29, 1.82) is 0 Å². The Morgan fingerprint density at radius 3 is 2.40 bits per heavy atom. The van der Waals surface area contributed by atoms with Gasteiger partial charge in [-0.2, -0.15) is 0 Å². The number of rotatable bonds is 5. The first kappa shape index (κ1) is 20.7. The Kier molecular flexibility index (Phi) is 7.78. The van der Waals surface area contributed by atoms with E-state index < -0.39 is 0 Å². The number of benzene rings is 1. The Morgan fingerprint density at radius 2 is 1.80 bits per heavy atom. The van der Waals surface area contributed by atoms with Gasteiger partial charge in [-0.25, -0.2) is 0 Å². The Bertz CT molecular complexity index is 554. The van der Waals surface area contributed by atoms with Crippen molar-refractivity contribution in [2.24, 2.45) is 5.92 Å².